The zero-order chi connectivity index (χ0) is 10.7. The Balaban J connectivity index is 1.87. The lowest BCUT2D eigenvalue weighted by atomic mass is 9.83. The molecule has 0 bridgehead atoms. The van der Waals surface area contributed by atoms with Gasteiger partial charge in [-0.25, -0.2) is 0 Å². The van der Waals surface area contributed by atoms with E-state index in [9.17, 15) is 5.11 Å². The van der Waals surface area contributed by atoms with Crippen molar-refractivity contribution in [3.63, 3.8) is 0 Å². The SMILES string of the molecule is COCC(O)(CC1CCOCC1)C1CC1. The van der Waals surface area contributed by atoms with E-state index in [1.165, 1.54) is 12.8 Å². The Morgan fingerprint density at radius 2 is 1.93 bits per heavy atom. The number of rotatable bonds is 5. The molecule has 2 rings (SSSR count). The van der Waals surface area contributed by atoms with E-state index in [2.05, 4.69) is 0 Å². The smallest absolute Gasteiger partial charge is 0.0910 e. The van der Waals surface area contributed by atoms with Crippen LogP contribution in [0.5, 0.6) is 0 Å². The molecule has 1 aliphatic carbocycles. The third-order valence-corrected chi connectivity index (χ3v) is 3.71. The van der Waals surface area contributed by atoms with Gasteiger partial charge in [0.25, 0.3) is 0 Å². The molecule has 0 aromatic rings. The fourth-order valence-electron chi connectivity index (χ4n) is 2.66. The molecule has 2 fully saturated rings. The van der Waals surface area contributed by atoms with E-state index in [0.29, 0.717) is 18.4 Å². The van der Waals surface area contributed by atoms with Gasteiger partial charge in [-0.1, -0.05) is 0 Å². The van der Waals surface area contributed by atoms with Crippen LogP contribution in [0.1, 0.15) is 32.1 Å². The molecule has 0 aromatic heterocycles. The van der Waals surface area contributed by atoms with Gasteiger partial charge in [-0.05, 0) is 43.9 Å². The maximum atomic E-state index is 10.5. The minimum Gasteiger partial charge on any atom is -0.387 e. The van der Waals surface area contributed by atoms with Crippen molar-refractivity contribution in [3.8, 4) is 0 Å². The van der Waals surface area contributed by atoms with E-state index in [4.69, 9.17) is 9.47 Å². The molecule has 1 N–H and O–H groups in total. The average molecular weight is 214 g/mol. The summed E-state index contributed by atoms with van der Waals surface area (Å²) in [6, 6.07) is 0. The van der Waals surface area contributed by atoms with Crippen LogP contribution in [0.3, 0.4) is 0 Å². The van der Waals surface area contributed by atoms with Gasteiger partial charge >= 0.3 is 0 Å². The topological polar surface area (TPSA) is 38.7 Å². The van der Waals surface area contributed by atoms with Crippen LogP contribution in [0.4, 0.5) is 0 Å². The van der Waals surface area contributed by atoms with E-state index >= 15 is 0 Å². The highest BCUT2D eigenvalue weighted by Crippen LogP contribution is 2.44. The van der Waals surface area contributed by atoms with Crippen LogP contribution in [0, 0.1) is 11.8 Å². The third kappa shape index (κ3) is 2.92. The van der Waals surface area contributed by atoms with E-state index in [0.717, 1.165) is 32.5 Å². The fourth-order valence-corrected chi connectivity index (χ4v) is 2.66. The van der Waals surface area contributed by atoms with Crippen molar-refractivity contribution in [1.82, 2.24) is 0 Å². The summed E-state index contributed by atoms with van der Waals surface area (Å²) in [5.41, 5.74) is -0.559. The summed E-state index contributed by atoms with van der Waals surface area (Å²) in [5, 5.41) is 10.5. The van der Waals surface area contributed by atoms with Crippen molar-refractivity contribution in [2.45, 2.75) is 37.7 Å². The molecule has 1 saturated carbocycles. The maximum Gasteiger partial charge on any atom is 0.0910 e. The predicted octanol–water partition coefficient (Wildman–Crippen LogP) is 1.59. The monoisotopic (exact) mass is 214 g/mol. The molecule has 2 aliphatic rings. The Labute approximate surface area is 91.8 Å². The first kappa shape index (κ1) is 11.4. The van der Waals surface area contributed by atoms with E-state index in [1.807, 2.05) is 0 Å². The first-order valence-corrected chi connectivity index (χ1v) is 6.03. The normalized spacial score (nSPS) is 27.6. The molecule has 15 heavy (non-hydrogen) atoms. The highest BCUT2D eigenvalue weighted by molar-refractivity contribution is 4.96. The molecule has 0 spiro atoms. The first-order valence-electron chi connectivity index (χ1n) is 6.03. The molecule has 88 valence electrons. The fraction of sp³-hybridized carbons (Fsp3) is 1.00. The maximum absolute atomic E-state index is 10.5. The second-order valence-corrected chi connectivity index (χ2v) is 5.07. The number of ether oxygens (including phenoxy) is 2. The second kappa shape index (κ2) is 4.81. The highest BCUT2D eigenvalue weighted by atomic mass is 16.5. The Kier molecular flexibility index (Phi) is 3.65. The van der Waals surface area contributed by atoms with Crippen molar-refractivity contribution >= 4 is 0 Å². The first-order chi connectivity index (χ1) is 7.24. The summed E-state index contributed by atoms with van der Waals surface area (Å²) in [7, 11) is 1.68. The molecule has 1 aliphatic heterocycles. The Hall–Kier alpha value is -0.120. The van der Waals surface area contributed by atoms with Crippen LogP contribution in [0.25, 0.3) is 0 Å². The Morgan fingerprint density at radius 1 is 1.27 bits per heavy atom. The van der Waals surface area contributed by atoms with Crippen molar-refractivity contribution in [3.05, 3.63) is 0 Å². The van der Waals surface area contributed by atoms with Crippen LogP contribution >= 0.6 is 0 Å². The van der Waals surface area contributed by atoms with Gasteiger partial charge in [-0.15, -0.1) is 0 Å². The summed E-state index contributed by atoms with van der Waals surface area (Å²) in [4.78, 5) is 0. The van der Waals surface area contributed by atoms with Gasteiger partial charge in [0.05, 0.1) is 12.2 Å². The van der Waals surface area contributed by atoms with Crippen molar-refractivity contribution < 1.29 is 14.6 Å². The van der Waals surface area contributed by atoms with Crippen LogP contribution in [0.15, 0.2) is 0 Å². The van der Waals surface area contributed by atoms with Gasteiger partial charge in [0.2, 0.25) is 0 Å². The third-order valence-electron chi connectivity index (χ3n) is 3.71. The molecule has 1 heterocycles. The number of hydrogen-bond donors (Lipinski definition) is 1. The van der Waals surface area contributed by atoms with Crippen molar-refractivity contribution in [1.29, 1.82) is 0 Å². The molecule has 3 heteroatoms. The predicted molar refractivity (Wildman–Crippen MR) is 57.7 cm³/mol. The quantitative estimate of drug-likeness (QED) is 0.755. The van der Waals surface area contributed by atoms with E-state index in [-0.39, 0.29) is 0 Å². The Bertz CT molecular complexity index is 197. The molecule has 1 unspecified atom stereocenters. The molecule has 0 radical (unpaired) electrons. The van der Waals surface area contributed by atoms with Gasteiger partial charge in [-0.2, -0.15) is 0 Å². The lowest BCUT2D eigenvalue weighted by molar-refractivity contribution is -0.0739. The van der Waals surface area contributed by atoms with E-state index in [1.54, 1.807) is 7.11 Å². The second-order valence-electron chi connectivity index (χ2n) is 5.07. The van der Waals surface area contributed by atoms with Gasteiger partial charge in [0, 0.05) is 20.3 Å². The summed E-state index contributed by atoms with van der Waals surface area (Å²) >= 11 is 0. The van der Waals surface area contributed by atoms with Gasteiger partial charge < -0.3 is 14.6 Å². The van der Waals surface area contributed by atoms with Crippen LogP contribution in [-0.2, 0) is 9.47 Å². The zero-order valence-corrected chi connectivity index (χ0v) is 9.58. The number of aliphatic hydroxyl groups is 1. The zero-order valence-electron chi connectivity index (χ0n) is 9.58. The summed E-state index contributed by atoms with van der Waals surface area (Å²) < 4.78 is 10.5. The largest absolute Gasteiger partial charge is 0.387 e. The minimum atomic E-state index is -0.559. The lowest BCUT2D eigenvalue weighted by Gasteiger charge is -2.33. The Morgan fingerprint density at radius 3 is 2.47 bits per heavy atom. The summed E-state index contributed by atoms with van der Waals surface area (Å²) in [6.07, 6.45) is 5.43. The molecule has 1 atom stereocenters. The lowest BCUT2D eigenvalue weighted by Crippen LogP contribution is -2.40. The number of hydrogen-bond acceptors (Lipinski definition) is 3. The van der Waals surface area contributed by atoms with Crippen LogP contribution < -0.4 is 0 Å². The summed E-state index contributed by atoms with van der Waals surface area (Å²) in [5.74, 6) is 1.11. The van der Waals surface area contributed by atoms with Crippen LogP contribution in [-0.4, -0.2) is 37.6 Å². The average Bonchev–Trinajstić information content (AvgIpc) is 3.02. The standard InChI is InChI=1S/C12H22O3/c1-14-9-12(13,11-2-3-11)8-10-4-6-15-7-5-10/h10-11,13H,2-9H2,1H3. The van der Waals surface area contributed by atoms with Gasteiger partial charge in [0.1, 0.15) is 0 Å². The minimum absolute atomic E-state index is 0.486. The van der Waals surface area contributed by atoms with Gasteiger partial charge in [-0.3, -0.25) is 0 Å². The molecular formula is C12H22O3. The summed E-state index contributed by atoms with van der Waals surface area (Å²) in [6.45, 7) is 2.21. The number of methoxy groups -OCH3 is 1. The molecule has 3 nitrogen and oxygen atoms in total. The molecule has 1 saturated heterocycles. The molecular weight excluding hydrogens is 192 g/mol. The highest BCUT2D eigenvalue weighted by Gasteiger charge is 2.45. The van der Waals surface area contributed by atoms with Crippen molar-refractivity contribution in [2.24, 2.45) is 11.8 Å². The van der Waals surface area contributed by atoms with Gasteiger partial charge in [0.15, 0.2) is 0 Å². The molecule has 0 aromatic carbocycles. The van der Waals surface area contributed by atoms with Crippen molar-refractivity contribution in [2.75, 3.05) is 26.9 Å². The van der Waals surface area contributed by atoms with E-state index < -0.39 is 5.60 Å². The van der Waals surface area contributed by atoms with Crippen LogP contribution in [0.2, 0.25) is 0 Å². The molecule has 0 amide bonds.